The Hall–Kier alpha value is -1.84. The van der Waals surface area contributed by atoms with Crippen molar-refractivity contribution in [3.8, 4) is 0 Å². The molecule has 0 aliphatic rings. The molecule has 4 heteroatoms. The molecule has 0 saturated carbocycles. The number of esters is 1. The van der Waals surface area contributed by atoms with Crippen LogP contribution in [0, 0.1) is 0 Å². The summed E-state index contributed by atoms with van der Waals surface area (Å²) in [5.74, 6) is -0.811. The molecule has 0 bridgehead atoms. The van der Waals surface area contributed by atoms with E-state index in [2.05, 4.69) is 0 Å². The molecule has 4 nitrogen and oxygen atoms in total. The molecule has 0 aliphatic carbocycles. The number of benzene rings is 1. The predicted molar refractivity (Wildman–Crippen MR) is 94.7 cm³/mol. The van der Waals surface area contributed by atoms with E-state index in [-0.39, 0.29) is 5.97 Å². The van der Waals surface area contributed by atoms with Gasteiger partial charge in [-0.2, -0.15) is 0 Å². The maximum Gasteiger partial charge on any atom is 0.306 e. The molecule has 0 amide bonds. The van der Waals surface area contributed by atoms with E-state index in [1.165, 1.54) is 19.3 Å². The number of carbonyl (C=O) groups is 2. The predicted octanol–water partition coefficient (Wildman–Crippen LogP) is 5.11. The second-order valence-electron chi connectivity index (χ2n) is 6.22. The fourth-order valence-corrected chi connectivity index (χ4v) is 2.59. The van der Waals surface area contributed by atoms with Gasteiger partial charge < -0.3 is 9.84 Å². The minimum atomic E-state index is -0.697. The van der Waals surface area contributed by atoms with Crippen molar-refractivity contribution in [2.24, 2.45) is 0 Å². The summed E-state index contributed by atoms with van der Waals surface area (Å²) < 4.78 is 5.25. The summed E-state index contributed by atoms with van der Waals surface area (Å²) in [6.07, 6.45) is 10.4. The van der Waals surface area contributed by atoms with E-state index < -0.39 is 5.97 Å². The van der Waals surface area contributed by atoms with Gasteiger partial charge in [-0.05, 0) is 18.4 Å². The average molecular weight is 334 g/mol. The van der Waals surface area contributed by atoms with Gasteiger partial charge in [0, 0.05) is 12.8 Å². The summed E-state index contributed by atoms with van der Waals surface area (Å²) in [5.41, 5.74) is 1.02. The van der Waals surface area contributed by atoms with Crippen LogP contribution in [0.3, 0.4) is 0 Å². The van der Waals surface area contributed by atoms with Crippen LogP contribution in [0.2, 0.25) is 0 Å². The van der Waals surface area contributed by atoms with Crippen molar-refractivity contribution < 1.29 is 19.4 Å². The molecule has 0 unspecified atom stereocenters. The third-order valence-electron chi connectivity index (χ3n) is 4.01. The van der Waals surface area contributed by atoms with E-state index in [4.69, 9.17) is 9.84 Å². The van der Waals surface area contributed by atoms with Crippen molar-refractivity contribution in [2.45, 2.75) is 77.2 Å². The lowest BCUT2D eigenvalue weighted by atomic mass is 10.1. The van der Waals surface area contributed by atoms with Crippen LogP contribution < -0.4 is 0 Å². The molecule has 24 heavy (non-hydrogen) atoms. The van der Waals surface area contributed by atoms with Crippen LogP contribution in [0.4, 0.5) is 0 Å². The van der Waals surface area contributed by atoms with Gasteiger partial charge in [0.2, 0.25) is 0 Å². The topological polar surface area (TPSA) is 63.6 Å². The molecule has 134 valence electrons. The largest absolute Gasteiger partial charge is 0.481 e. The molecule has 1 aromatic carbocycles. The number of carboxylic acids is 1. The lowest BCUT2D eigenvalue weighted by Gasteiger charge is -2.05. The normalized spacial score (nSPS) is 10.5. The minimum absolute atomic E-state index is 0.114. The molecule has 0 fully saturated rings. The van der Waals surface area contributed by atoms with E-state index >= 15 is 0 Å². The first kappa shape index (κ1) is 20.2. The zero-order valence-corrected chi connectivity index (χ0v) is 14.5. The molecule has 0 atom stereocenters. The minimum Gasteiger partial charge on any atom is -0.481 e. The molecule has 0 aromatic heterocycles. The Morgan fingerprint density at radius 2 is 1.25 bits per heavy atom. The van der Waals surface area contributed by atoms with Crippen LogP contribution >= 0.6 is 0 Å². The van der Waals surface area contributed by atoms with Gasteiger partial charge in [-0.15, -0.1) is 0 Å². The Labute approximate surface area is 145 Å². The van der Waals surface area contributed by atoms with Crippen LogP contribution in [-0.2, 0) is 20.9 Å². The zero-order valence-electron chi connectivity index (χ0n) is 14.5. The van der Waals surface area contributed by atoms with Crippen LogP contribution in [0.1, 0.15) is 76.2 Å². The fourth-order valence-electron chi connectivity index (χ4n) is 2.59. The number of hydrogen-bond acceptors (Lipinski definition) is 3. The molecule has 1 rings (SSSR count). The standard InChI is InChI=1S/C20H30O4/c21-19(22)15-11-6-4-2-1-3-5-7-12-16-20(23)24-17-18-13-9-8-10-14-18/h8-10,13-14H,1-7,11-12,15-17H2,(H,21,22). The highest BCUT2D eigenvalue weighted by molar-refractivity contribution is 5.69. The summed E-state index contributed by atoms with van der Waals surface area (Å²) in [5, 5.41) is 8.53. The second-order valence-corrected chi connectivity index (χ2v) is 6.22. The molecule has 0 radical (unpaired) electrons. The van der Waals surface area contributed by atoms with Crippen molar-refractivity contribution >= 4 is 11.9 Å². The van der Waals surface area contributed by atoms with Gasteiger partial charge in [0.25, 0.3) is 0 Å². The van der Waals surface area contributed by atoms with Crippen LogP contribution in [0.5, 0.6) is 0 Å². The first-order valence-corrected chi connectivity index (χ1v) is 9.10. The number of carboxylic acid groups (broad SMARTS) is 1. The second kappa shape index (κ2) is 13.6. The smallest absolute Gasteiger partial charge is 0.306 e. The molecule has 0 aliphatic heterocycles. The number of unbranched alkanes of at least 4 members (excludes halogenated alkanes) is 8. The summed E-state index contributed by atoms with van der Waals surface area (Å²) in [6, 6.07) is 9.73. The zero-order chi connectivity index (χ0) is 17.5. The van der Waals surface area contributed by atoms with Gasteiger partial charge in [0.1, 0.15) is 6.61 Å². The molecule has 1 N–H and O–H groups in total. The SMILES string of the molecule is O=C(O)CCCCCCCCCCCC(=O)OCc1ccccc1. The van der Waals surface area contributed by atoms with E-state index in [1.807, 2.05) is 30.3 Å². The van der Waals surface area contributed by atoms with Gasteiger partial charge in [-0.25, -0.2) is 0 Å². The van der Waals surface area contributed by atoms with Gasteiger partial charge in [-0.1, -0.05) is 75.3 Å². The number of carbonyl (C=O) groups excluding carboxylic acids is 1. The highest BCUT2D eigenvalue weighted by Gasteiger charge is 2.03. The summed E-state index contributed by atoms with van der Waals surface area (Å²) >= 11 is 0. The van der Waals surface area contributed by atoms with Gasteiger partial charge >= 0.3 is 11.9 Å². The average Bonchev–Trinajstić information content (AvgIpc) is 2.58. The maximum absolute atomic E-state index is 11.6. The third kappa shape index (κ3) is 11.7. The Morgan fingerprint density at radius 1 is 0.750 bits per heavy atom. The highest BCUT2D eigenvalue weighted by Crippen LogP contribution is 2.12. The lowest BCUT2D eigenvalue weighted by molar-refractivity contribution is -0.145. The first-order chi connectivity index (χ1) is 11.7. The summed E-state index contributed by atoms with van der Waals surface area (Å²) in [6.45, 7) is 0.363. The summed E-state index contributed by atoms with van der Waals surface area (Å²) in [4.78, 5) is 22.0. The van der Waals surface area contributed by atoms with Crippen molar-refractivity contribution in [3.63, 3.8) is 0 Å². The number of rotatable bonds is 14. The highest BCUT2D eigenvalue weighted by atomic mass is 16.5. The first-order valence-electron chi connectivity index (χ1n) is 9.10. The van der Waals surface area contributed by atoms with Crippen molar-refractivity contribution in [1.82, 2.24) is 0 Å². The van der Waals surface area contributed by atoms with Gasteiger partial charge in [0.05, 0.1) is 0 Å². The molecule has 0 heterocycles. The molecule has 0 spiro atoms. The van der Waals surface area contributed by atoms with Crippen LogP contribution in [0.15, 0.2) is 30.3 Å². The Kier molecular flexibility index (Phi) is 11.4. The molecular formula is C20H30O4. The lowest BCUT2D eigenvalue weighted by Crippen LogP contribution is -2.04. The fraction of sp³-hybridized carbons (Fsp3) is 0.600. The van der Waals surface area contributed by atoms with Crippen molar-refractivity contribution in [2.75, 3.05) is 0 Å². The third-order valence-corrected chi connectivity index (χ3v) is 4.01. The van der Waals surface area contributed by atoms with Gasteiger partial charge in [-0.3, -0.25) is 9.59 Å². The quantitative estimate of drug-likeness (QED) is 0.379. The number of aliphatic carboxylic acids is 1. The number of ether oxygens (including phenoxy) is 1. The Balaban J connectivity index is 1.84. The summed E-state index contributed by atoms with van der Waals surface area (Å²) in [7, 11) is 0. The van der Waals surface area contributed by atoms with Crippen LogP contribution in [0.25, 0.3) is 0 Å². The van der Waals surface area contributed by atoms with E-state index in [9.17, 15) is 9.59 Å². The Morgan fingerprint density at radius 3 is 1.79 bits per heavy atom. The molecular weight excluding hydrogens is 304 g/mol. The monoisotopic (exact) mass is 334 g/mol. The molecule has 1 aromatic rings. The van der Waals surface area contributed by atoms with Crippen LogP contribution in [-0.4, -0.2) is 17.0 Å². The van der Waals surface area contributed by atoms with Crippen molar-refractivity contribution in [3.05, 3.63) is 35.9 Å². The van der Waals surface area contributed by atoms with E-state index in [0.717, 1.165) is 44.1 Å². The van der Waals surface area contributed by atoms with E-state index in [1.54, 1.807) is 0 Å². The molecule has 0 saturated heterocycles. The maximum atomic E-state index is 11.6. The van der Waals surface area contributed by atoms with E-state index in [0.29, 0.717) is 19.4 Å². The van der Waals surface area contributed by atoms with Crippen molar-refractivity contribution in [1.29, 1.82) is 0 Å². The number of hydrogen-bond donors (Lipinski definition) is 1. The van der Waals surface area contributed by atoms with Gasteiger partial charge in [0.15, 0.2) is 0 Å². The Bertz CT molecular complexity index is 456.